The third kappa shape index (κ3) is 11.9. The van der Waals surface area contributed by atoms with Crippen LogP contribution in [0.1, 0.15) is 13.8 Å². The van der Waals surface area contributed by atoms with Gasteiger partial charge in [-0.05, 0) is 13.8 Å². The molecule has 0 aromatic rings. The van der Waals surface area contributed by atoms with E-state index in [0.717, 1.165) is 0 Å². The molecule has 0 aliphatic heterocycles. The molecular weight excluding hydrogens is 288 g/mol. The minimum atomic E-state index is -1.67. The minimum Gasteiger partial charge on any atom is -0.394 e. The van der Waals surface area contributed by atoms with Gasteiger partial charge in [-0.3, -0.25) is 0 Å². The predicted molar refractivity (Wildman–Crippen MR) is 72.4 cm³/mol. The Morgan fingerprint density at radius 2 is 1.10 bits per heavy atom. The monoisotopic (exact) mass is 316 g/mol. The lowest BCUT2D eigenvalue weighted by molar-refractivity contribution is -0.123. The van der Waals surface area contributed by atoms with Crippen molar-refractivity contribution in [2.24, 2.45) is 0 Å². The molecule has 0 aliphatic carbocycles. The van der Waals surface area contributed by atoms with Crippen LogP contribution in [0.4, 0.5) is 0 Å². The third-order valence-electron chi connectivity index (χ3n) is 2.39. The molecule has 21 heavy (non-hydrogen) atoms. The first kappa shape index (κ1) is 22.9. The molecular formula is C12H28O9. The van der Waals surface area contributed by atoms with Crippen molar-refractivity contribution in [1.29, 1.82) is 0 Å². The Bertz CT molecular complexity index is 213. The summed E-state index contributed by atoms with van der Waals surface area (Å²) in [6.45, 7) is 2.24. The zero-order chi connectivity index (χ0) is 17.0. The van der Waals surface area contributed by atoms with Crippen molar-refractivity contribution in [3.8, 4) is 0 Å². The van der Waals surface area contributed by atoms with Crippen LogP contribution in [-0.4, -0.2) is 104 Å². The van der Waals surface area contributed by atoms with Crippen molar-refractivity contribution < 1.29 is 45.6 Å². The van der Waals surface area contributed by atoms with E-state index in [2.05, 4.69) is 0 Å². The molecule has 130 valence electrons. The Labute approximate surface area is 123 Å². The Morgan fingerprint density at radius 1 is 0.714 bits per heavy atom. The zero-order valence-corrected chi connectivity index (χ0v) is 12.3. The topological polar surface area (TPSA) is 171 Å². The highest BCUT2D eigenvalue weighted by Gasteiger charge is 2.29. The SMILES string of the molecule is CC(O)COC(C)CO.OC[C@@H](O)[C@@H](O)[C@H](O)[C@@H](O)CO. The van der Waals surface area contributed by atoms with Gasteiger partial charge >= 0.3 is 0 Å². The molecule has 2 unspecified atom stereocenters. The summed E-state index contributed by atoms with van der Waals surface area (Å²) >= 11 is 0. The van der Waals surface area contributed by atoms with Crippen LogP contribution in [0.15, 0.2) is 0 Å². The lowest BCUT2D eigenvalue weighted by Gasteiger charge is -2.24. The van der Waals surface area contributed by atoms with Gasteiger partial charge in [0.2, 0.25) is 0 Å². The second kappa shape index (κ2) is 13.3. The second-order valence-corrected chi connectivity index (χ2v) is 4.66. The fourth-order valence-electron chi connectivity index (χ4n) is 1.03. The van der Waals surface area contributed by atoms with Crippen molar-refractivity contribution in [3.63, 3.8) is 0 Å². The van der Waals surface area contributed by atoms with Crippen LogP contribution in [0.3, 0.4) is 0 Å². The Kier molecular flexibility index (Phi) is 14.5. The average molecular weight is 316 g/mol. The van der Waals surface area contributed by atoms with E-state index in [1.165, 1.54) is 0 Å². The summed E-state index contributed by atoms with van der Waals surface area (Å²) in [7, 11) is 0. The van der Waals surface area contributed by atoms with Crippen LogP contribution in [-0.2, 0) is 4.74 Å². The van der Waals surface area contributed by atoms with Gasteiger partial charge in [0.1, 0.15) is 24.4 Å². The van der Waals surface area contributed by atoms with E-state index in [1.54, 1.807) is 13.8 Å². The van der Waals surface area contributed by atoms with E-state index < -0.39 is 43.7 Å². The lowest BCUT2D eigenvalue weighted by atomic mass is 10.0. The first-order valence-corrected chi connectivity index (χ1v) is 6.55. The molecule has 0 aromatic heterocycles. The molecule has 6 atom stereocenters. The normalized spacial score (nSPS) is 19.7. The van der Waals surface area contributed by atoms with Crippen LogP contribution in [0, 0.1) is 0 Å². The van der Waals surface area contributed by atoms with E-state index in [0.29, 0.717) is 6.61 Å². The molecule has 0 amide bonds. The van der Waals surface area contributed by atoms with Crippen LogP contribution in [0.25, 0.3) is 0 Å². The molecule has 0 fully saturated rings. The summed E-state index contributed by atoms with van der Waals surface area (Å²) < 4.78 is 4.95. The fraction of sp³-hybridized carbons (Fsp3) is 1.00. The first-order chi connectivity index (χ1) is 9.70. The zero-order valence-electron chi connectivity index (χ0n) is 12.3. The molecule has 0 heterocycles. The number of hydrogen-bond donors (Lipinski definition) is 8. The van der Waals surface area contributed by atoms with Gasteiger partial charge in [-0.1, -0.05) is 0 Å². The van der Waals surface area contributed by atoms with Gasteiger partial charge in [0, 0.05) is 0 Å². The molecule has 8 N–H and O–H groups in total. The Hall–Kier alpha value is -0.360. The van der Waals surface area contributed by atoms with Gasteiger partial charge in [-0.2, -0.15) is 0 Å². The molecule has 0 aromatic carbocycles. The summed E-state index contributed by atoms with van der Waals surface area (Å²) in [5, 5.41) is 69.3. The molecule has 0 saturated carbocycles. The van der Waals surface area contributed by atoms with Gasteiger partial charge in [-0.25, -0.2) is 0 Å². The second-order valence-electron chi connectivity index (χ2n) is 4.66. The fourth-order valence-corrected chi connectivity index (χ4v) is 1.03. The number of rotatable bonds is 9. The maximum atomic E-state index is 8.96. The van der Waals surface area contributed by atoms with Crippen molar-refractivity contribution in [2.45, 2.75) is 50.5 Å². The van der Waals surface area contributed by atoms with Crippen molar-refractivity contribution in [1.82, 2.24) is 0 Å². The number of ether oxygens (including phenoxy) is 1. The Morgan fingerprint density at radius 3 is 1.33 bits per heavy atom. The molecule has 0 aliphatic rings. The standard InChI is InChI=1S/C6H14O6.C6H14O3/c7-1-3(9)5(11)6(12)4(10)2-8;1-5(8)4-9-6(2)3-7/h3-12H,1-2H2;5-8H,3-4H2,1-2H3/t3-,4+,5-,6-;/m1./s1. The molecule has 9 heteroatoms. The van der Waals surface area contributed by atoms with Gasteiger partial charge in [0.25, 0.3) is 0 Å². The molecule has 0 bridgehead atoms. The summed E-state index contributed by atoms with van der Waals surface area (Å²) in [6, 6.07) is 0. The summed E-state index contributed by atoms with van der Waals surface area (Å²) in [5.41, 5.74) is 0. The number of aliphatic hydroxyl groups excluding tert-OH is 8. The van der Waals surface area contributed by atoms with Crippen molar-refractivity contribution in [3.05, 3.63) is 0 Å². The lowest BCUT2D eigenvalue weighted by Crippen LogP contribution is -2.46. The third-order valence-corrected chi connectivity index (χ3v) is 2.39. The number of aliphatic hydroxyl groups is 8. The molecule has 9 nitrogen and oxygen atoms in total. The molecule has 0 radical (unpaired) electrons. The highest BCUT2D eigenvalue weighted by molar-refractivity contribution is 4.79. The molecule has 0 saturated heterocycles. The van der Waals surface area contributed by atoms with E-state index >= 15 is 0 Å². The first-order valence-electron chi connectivity index (χ1n) is 6.55. The Balaban J connectivity index is 0. The van der Waals surface area contributed by atoms with Gasteiger partial charge in [-0.15, -0.1) is 0 Å². The summed E-state index contributed by atoms with van der Waals surface area (Å²) in [5.74, 6) is 0. The van der Waals surface area contributed by atoms with Gasteiger partial charge in [0.15, 0.2) is 0 Å². The van der Waals surface area contributed by atoms with Crippen LogP contribution < -0.4 is 0 Å². The highest BCUT2D eigenvalue weighted by Crippen LogP contribution is 2.04. The molecule has 0 spiro atoms. The summed E-state index contributed by atoms with van der Waals surface area (Å²) in [6.07, 6.45) is -7.00. The quantitative estimate of drug-likeness (QED) is 0.212. The highest BCUT2D eigenvalue weighted by atomic mass is 16.5. The van der Waals surface area contributed by atoms with E-state index in [1.807, 2.05) is 0 Å². The van der Waals surface area contributed by atoms with Crippen LogP contribution in [0.2, 0.25) is 0 Å². The molecule has 0 rings (SSSR count). The van der Waals surface area contributed by atoms with Gasteiger partial charge in [0.05, 0.1) is 38.6 Å². The van der Waals surface area contributed by atoms with Crippen molar-refractivity contribution in [2.75, 3.05) is 26.4 Å². The van der Waals surface area contributed by atoms with Crippen LogP contribution >= 0.6 is 0 Å². The summed E-state index contributed by atoms with van der Waals surface area (Å²) in [4.78, 5) is 0. The van der Waals surface area contributed by atoms with E-state index in [-0.39, 0.29) is 12.7 Å². The van der Waals surface area contributed by atoms with Crippen LogP contribution in [0.5, 0.6) is 0 Å². The maximum Gasteiger partial charge on any atom is 0.111 e. The van der Waals surface area contributed by atoms with Gasteiger partial charge < -0.3 is 45.6 Å². The largest absolute Gasteiger partial charge is 0.394 e. The van der Waals surface area contributed by atoms with E-state index in [9.17, 15) is 0 Å². The maximum absolute atomic E-state index is 8.96. The van der Waals surface area contributed by atoms with Crippen molar-refractivity contribution >= 4 is 0 Å². The van der Waals surface area contributed by atoms with E-state index in [4.69, 9.17) is 45.6 Å². The predicted octanol–water partition coefficient (Wildman–Crippen LogP) is -3.82. The number of hydrogen-bond acceptors (Lipinski definition) is 9. The minimum absolute atomic E-state index is 0.00667. The average Bonchev–Trinajstić information content (AvgIpc) is 2.49. The smallest absolute Gasteiger partial charge is 0.111 e.